The Kier molecular flexibility index (Phi) is 4.71. The molecule has 0 aliphatic carbocycles. The zero-order chi connectivity index (χ0) is 12.1. The molecule has 2 atom stereocenters. The fraction of sp³-hybridized carbons (Fsp3) is 0.818. The molecule has 1 heterocycles. The van der Waals surface area contributed by atoms with Gasteiger partial charge in [0.1, 0.15) is 0 Å². The second kappa shape index (κ2) is 5.83. The molecule has 5 heteroatoms. The average Bonchev–Trinajstić information content (AvgIpc) is 2.27. The molecule has 1 saturated heterocycles. The average molecular weight is 225 g/mol. The highest BCUT2D eigenvalue weighted by Crippen LogP contribution is 2.09. The van der Waals surface area contributed by atoms with E-state index in [9.17, 15) is 4.79 Å². The first-order chi connectivity index (χ1) is 7.54. The Labute approximate surface area is 96.2 Å². The standard InChI is InChI=1S/C11H19N3O2/c1-8(2)5-10(13)11(15)14-3-4-16-9(6-12)7-14/h8-10H,3-5,7,13H2,1-2H3/t9?,10-/m0/s1. The van der Waals surface area contributed by atoms with Crippen LogP contribution in [0.2, 0.25) is 0 Å². The number of amides is 1. The first-order valence-electron chi connectivity index (χ1n) is 5.60. The monoisotopic (exact) mass is 225 g/mol. The van der Waals surface area contributed by atoms with E-state index >= 15 is 0 Å². The molecule has 0 aromatic rings. The molecule has 0 bridgehead atoms. The largest absolute Gasteiger partial charge is 0.360 e. The van der Waals surface area contributed by atoms with Gasteiger partial charge in [-0.2, -0.15) is 5.26 Å². The van der Waals surface area contributed by atoms with Gasteiger partial charge < -0.3 is 15.4 Å². The van der Waals surface area contributed by atoms with E-state index in [4.69, 9.17) is 15.7 Å². The topological polar surface area (TPSA) is 79.3 Å². The van der Waals surface area contributed by atoms with Crippen LogP contribution >= 0.6 is 0 Å². The van der Waals surface area contributed by atoms with E-state index in [0.717, 1.165) is 0 Å². The lowest BCUT2D eigenvalue weighted by atomic mass is 10.0. The van der Waals surface area contributed by atoms with Crippen LogP contribution in [0.3, 0.4) is 0 Å². The summed E-state index contributed by atoms with van der Waals surface area (Å²) in [7, 11) is 0. The van der Waals surface area contributed by atoms with Crippen LogP contribution in [0.15, 0.2) is 0 Å². The molecule has 1 fully saturated rings. The van der Waals surface area contributed by atoms with Crippen molar-refractivity contribution in [3.63, 3.8) is 0 Å². The Morgan fingerprint density at radius 2 is 2.38 bits per heavy atom. The van der Waals surface area contributed by atoms with Gasteiger partial charge in [0.25, 0.3) is 0 Å². The highest BCUT2D eigenvalue weighted by Gasteiger charge is 2.27. The number of rotatable bonds is 3. The molecule has 1 unspecified atom stereocenters. The summed E-state index contributed by atoms with van der Waals surface area (Å²) in [5.41, 5.74) is 5.82. The van der Waals surface area contributed by atoms with Gasteiger partial charge >= 0.3 is 0 Å². The first kappa shape index (κ1) is 12.9. The van der Waals surface area contributed by atoms with Crippen molar-refractivity contribution in [2.45, 2.75) is 32.4 Å². The van der Waals surface area contributed by atoms with Gasteiger partial charge in [0.05, 0.1) is 25.3 Å². The quantitative estimate of drug-likeness (QED) is 0.739. The zero-order valence-electron chi connectivity index (χ0n) is 9.85. The smallest absolute Gasteiger partial charge is 0.239 e. The van der Waals surface area contributed by atoms with E-state index in [-0.39, 0.29) is 5.91 Å². The lowest BCUT2D eigenvalue weighted by Crippen LogP contribution is -2.51. The van der Waals surface area contributed by atoms with Crippen LogP contribution in [0.1, 0.15) is 20.3 Å². The van der Waals surface area contributed by atoms with Gasteiger partial charge in [-0.05, 0) is 12.3 Å². The maximum absolute atomic E-state index is 11.9. The Morgan fingerprint density at radius 1 is 1.69 bits per heavy atom. The number of carbonyl (C=O) groups excluding carboxylic acids is 1. The molecule has 0 spiro atoms. The molecule has 90 valence electrons. The third-order valence-electron chi connectivity index (χ3n) is 2.56. The van der Waals surface area contributed by atoms with Crippen molar-refractivity contribution in [3.8, 4) is 6.07 Å². The van der Waals surface area contributed by atoms with Crippen molar-refractivity contribution >= 4 is 5.91 Å². The van der Waals surface area contributed by atoms with Crippen molar-refractivity contribution < 1.29 is 9.53 Å². The van der Waals surface area contributed by atoms with Crippen LogP contribution in [0.25, 0.3) is 0 Å². The Balaban J connectivity index is 2.50. The van der Waals surface area contributed by atoms with Gasteiger partial charge in [0.2, 0.25) is 5.91 Å². The Morgan fingerprint density at radius 3 is 2.94 bits per heavy atom. The van der Waals surface area contributed by atoms with Gasteiger partial charge in [0.15, 0.2) is 6.10 Å². The number of carbonyl (C=O) groups is 1. The second-order valence-electron chi connectivity index (χ2n) is 4.51. The molecule has 16 heavy (non-hydrogen) atoms. The number of morpholine rings is 1. The second-order valence-corrected chi connectivity index (χ2v) is 4.51. The number of hydrogen-bond donors (Lipinski definition) is 1. The number of nitrogens with two attached hydrogens (primary N) is 1. The minimum atomic E-state index is -0.510. The number of nitriles is 1. The van der Waals surface area contributed by atoms with E-state index in [1.54, 1.807) is 4.90 Å². The summed E-state index contributed by atoms with van der Waals surface area (Å²) in [4.78, 5) is 13.6. The molecule has 0 radical (unpaired) electrons. The van der Waals surface area contributed by atoms with Crippen LogP contribution in [0.5, 0.6) is 0 Å². The summed E-state index contributed by atoms with van der Waals surface area (Å²) in [5.74, 6) is 0.323. The molecule has 0 aromatic carbocycles. The molecule has 0 saturated carbocycles. The number of ether oxygens (including phenoxy) is 1. The maximum atomic E-state index is 11.9. The molecule has 1 aliphatic heterocycles. The summed E-state index contributed by atoms with van der Waals surface area (Å²) in [6, 6.07) is 1.55. The van der Waals surface area contributed by atoms with Crippen LogP contribution in [0.4, 0.5) is 0 Å². The van der Waals surface area contributed by atoms with E-state index in [1.807, 2.05) is 19.9 Å². The fourth-order valence-electron chi connectivity index (χ4n) is 1.77. The maximum Gasteiger partial charge on any atom is 0.239 e. The van der Waals surface area contributed by atoms with Crippen LogP contribution in [-0.4, -0.2) is 42.6 Å². The van der Waals surface area contributed by atoms with Crippen molar-refractivity contribution in [3.05, 3.63) is 0 Å². The van der Waals surface area contributed by atoms with Gasteiger partial charge in [-0.1, -0.05) is 13.8 Å². The number of nitrogens with zero attached hydrogens (tertiary/aromatic N) is 2. The third-order valence-corrected chi connectivity index (χ3v) is 2.56. The summed E-state index contributed by atoms with van der Waals surface area (Å²) >= 11 is 0. The van der Waals surface area contributed by atoms with Crippen molar-refractivity contribution in [2.24, 2.45) is 11.7 Å². The SMILES string of the molecule is CC(C)C[C@H](N)C(=O)N1CCOC(C#N)C1. The molecule has 2 N–H and O–H groups in total. The van der Waals surface area contributed by atoms with E-state index in [1.165, 1.54) is 0 Å². The van der Waals surface area contributed by atoms with Crippen molar-refractivity contribution in [1.82, 2.24) is 4.90 Å². The summed E-state index contributed by atoms with van der Waals surface area (Å²) in [6.45, 7) is 5.34. The van der Waals surface area contributed by atoms with Gasteiger partial charge in [-0.3, -0.25) is 4.79 Å². The molecule has 1 rings (SSSR count). The van der Waals surface area contributed by atoms with Crippen LogP contribution in [0, 0.1) is 17.2 Å². The zero-order valence-corrected chi connectivity index (χ0v) is 9.85. The highest BCUT2D eigenvalue weighted by molar-refractivity contribution is 5.81. The van der Waals surface area contributed by atoms with Gasteiger partial charge in [0, 0.05) is 6.54 Å². The minimum absolute atomic E-state index is 0.0720. The molecule has 0 aromatic heterocycles. The first-order valence-corrected chi connectivity index (χ1v) is 5.60. The lowest BCUT2D eigenvalue weighted by molar-refractivity contribution is -0.138. The predicted octanol–water partition coefficient (Wildman–Crippen LogP) is 0.111. The van der Waals surface area contributed by atoms with E-state index in [2.05, 4.69) is 0 Å². The summed E-state index contributed by atoms with van der Waals surface area (Å²) in [6.07, 6.45) is 0.164. The molecule has 1 amide bonds. The summed E-state index contributed by atoms with van der Waals surface area (Å²) in [5, 5.41) is 8.73. The molecular formula is C11H19N3O2. The molecule has 1 aliphatic rings. The highest BCUT2D eigenvalue weighted by atomic mass is 16.5. The predicted molar refractivity (Wildman–Crippen MR) is 59.4 cm³/mol. The Hall–Kier alpha value is -1.12. The van der Waals surface area contributed by atoms with E-state index < -0.39 is 12.1 Å². The lowest BCUT2D eigenvalue weighted by Gasteiger charge is -2.31. The van der Waals surface area contributed by atoms with Gasteiger partial charge in [-0.25, -0.2) is 0 Å². The Bertz CT molecular complexity index is 285. The normalized spacial score (nSPS) is 22.9. The summed E-state index contributed by atoms with van der Waals surface area (Å²) < 4.78 is 5.17. The number of hydrogen-bond acceptors (Lipinski definition) is 4. The molecule has 5 nitrogen and oxygen atoms in total. The van der Waals surface area contributed by atoms with Crippen LogP contribution in [-0.2, 0) is 9.53 Å². The van der Waals surface area contributed by atoms with Crippen molar-refractivity contribution in [2.75, 3.05) is 19.7 Å². The van der Waals surface area contributed by atoms with E-state index in [0.29, 0.717) is 32.0 Å². The van der Waals surface area contributed by atoms with Crippen molar-refractivity contribution in [1.29, 1.82) is 5.26 Å². The molecular weight excluding hydrogens is 206 g/mol. The van der Waals surface area contributed by atoms with Gasteiger partial charge in [-0.15, -0.1) is 0 Å². The van der Waals surface area contributed by atoms with Crippen LogP contribution < -0.4 is 5.73 Å². The third kappa shape index (κ3) is 3.47. The fourth-order valence-corrected chi connectivity index (χ4v) is 1.77. The minimum Gasteiger partial charge on any atom is -0.360 e.